The van der Waals surface area contributed by atoms with E-state index in [1.807, 2.05) is 0 Å². The lowest BCUT2D eigenvalue weighted by atomic mass is 10.1. The largest absolute Gasteiger partial charge is 0.508 e. The molecule has 128 valence electrons. The van der Waals surface area contributed by atoms with Crippen molar-refractivity contribution in [2.75, 3.05) is 0 Å². The molecule has 0 aromatic heterocycles. The molecule has 2 unspecified atom stereocenters. The summed E-state index contributed by atoms with van der Waals surface area (Å²) in [4.78, 5) is 30.4. The number of primary amides is 1. The lowest BCUT2D eigenvalue weighted by Crippen LogP contribution is -2.31. The normalized spacial score (nSPS) is 12.4. The zero-order valence-corrected chi connectivity index (χ0v) is 12.3. The fourth-order valence-electron chi connectivity index (χ4n) is 1.36. The summed E-state index contributed by atoms with van der Waals surface area (Å²) in [6.45, 7) is 0. The molecule has 0 fully saturated rings. The van der Waals surface area contributed by atoms with E-state index < -0.39 is 30.0 Å². The summed E-state index contributed by atoms with van der Waals surface area (Å²) in [6, 6.07) is 5.06. The maximum Gasteiger partial charge on any atom is 0.332 e. The molecule has 0 saturated heterocycles. The number of hydrogen-bond acceptors (Lipinski definition) is 6. The second-order valence-electron chi connectivity index (χ2n) is 4.67. The molecule has 0 heterocycles. The third kappa shape index (κ3) is 9.82. The number of carboxylic acids is 2. The van der Waals surface area contributed by atoms with E-state index in [4.69, 9.17) is 31.9 Å². The van der Waals surface area contributed by atoms with Crippen molar-refractivity contribution in [2.24, 2.45) is 11.5 Å². The number of aliphatic hydroxyl groups is 1. The monoisotopic (exact) mass is 328 g/mol. The van der Waals surface area contributed by atoms with Gasteiger partial charge in [0.05, 0.1) is 0 Å². The number of amides is 1. The number of phenolic OH excluding ortho intramolecular Hbond substituents is 1. The Hall–Kier alpha value is -2.65. The Kier molecular flexibility index (Phi) is 8.97. The number of carboxylic acid groups (broad SMARTS) is 2. The molecule has 0 radical (unpaired) electrons. The number of phenols is 1. The van der Waals surface area contributed by atoms with Gasteiger partial charge >= 0.3 is 11.9 Å². The molecule has 1 aromatic carbocycles. The van der Waals surface area contributed by atoms with E-state index >= 15 is 0 Å². The fraction of sp³-hybridized carbons (Fsp3) is 0.357. The summed E-state index contributed by atoms with van der Waals surface area (Å²) in [5, 5.41) is 34.5. The van der Waals surface area contributed by atoms with Crippen LogP contribution in [0.1, 0.15) is 18.4 Å². The number of aliphatic hydroxyl groups excluding tert-OH is 1. The summed E-state index contributed by atoms with van der Waals surface area (Å²) in [7, 11) is 0. The molecular weight excluding hydrogens is 308 g/mol. The van der Waals surface area contributed by atoms with Gasteiger partial charge < -0.3 is 31.9 Å². The maximum atomic E-state index is 10.3. The Labute approximate surface area is 132 Å². The van der Waals surface area contributed by atoms with Gasteiger partial charge in [0.25, 0.3) is 0 Å². The molecule has 9 heteroatoms. The van der Waals surface area contributed by atoms with Crippen molar-refractivity contribution in [3.8, 4) is 5.75 Å². The predicted molar refractivity (Wildman–Crippen MR) is 79.5 cm³/mol. The molecule has 1 aromatic rings. The van der Waals surface area contributed by atoms with Crippen LogP contribution in [0, 0.1) is 0 Å². The zero-order valence-electron chi connectivity index (χ0n) is 12.3. The van der Waals surface area contributed by atoms with Gasteiger partial charge in [0.1, 0.15) is 11.8 Å². The number of hydrogen-bond donors (Lipinski definition) is 6. The number of aromatic hydroxyl groups is 1. The molecule has 23 heavy (non-hydrogen) atoms. The number of aliphatic carboxylic acids is 2. The Balaban J connectivity index is 0.000000438. The summed E-state index contributed by atoms with van der Waals surface area (Å²) in [5.41, 5.74) is 10.5. The molecule has 0 aliphatic heterocycles. The molecule has 9 nitrogen and oxygen atoms in total. The standard InChI is InChI=1S/C9H10O4.C5H10N2O3/c10-7-3-1-6(2-4-7)5-8(11)9(12)13;6-3(5(9)10)1-2-4(7)8/h1-4,8,10-11H,5H2,(H,12,13);3H,1-2,6H2,(H2,7,8)(H,9,10). The Bertz CT molecular complexity index is 530. The highest BCUT2D eigenvalue weighted by molar-refractivity contribution is 5.77. The van der Waals surface area contributed by atoms with Crippen molar-refractivity contribution in [1.29, 1.82) is 0 Å². The van der Waals surface area contributed by atoms with Crippen molar-refractivity contribution in [2.45, 2.75) is 31.4 Å². The highest BCUT2D eigenvalue weighted by Crippen LogP contribution is 2.11. The van der Waals surface area contributed by atoms with Gasteiger partial charge in [0.15, 0.2) is 6.10 Å². The second kappa shape index (κ2) is 10.1. The summed E-state index contributed by atoms with van der Waals surface area (Å²) < 4.78 is 0. The second-order valence-corrected chi connectivity index (χ2v) is 4.67. The minimum absolute atomic E-state index is 0.0213. The number of carbonyl (C=O) groups excluding carboxylic acids is 1. The van der Waals surface area contributed by atoms with Gasteiger partial charge in [-0.3, -0.25) is 9.59 Å². The van der Waals surface area contributed by atoms with E-state index in [0.717, 1.165) is 0 Å². The molecule has 0 aliphatic carbocycles. The van der Waals surface area contributed by atoms with Crippen LogP contribution in [0.5, 0.6) is 5.75 Å². The Morgan fingerprint density at radius 3 is 1.96 bits per heavy atom. The van der Waals surface area contributed by atoms with Crippen LogP contribution in [0.3, 0.4) is 0 Å². The molecule has 1 amide bonds. The third-order valence-corrected chi connectivity index (χ3v) is 2.67. The topological polar surface area (TPSA) is 184 Å². The molecular formula is C14H20N2O7. The van der Waals surface area contributed by atoms with Crippen LogP contribution in [-0.4, -0.2) is 50.4 Å². The summed E-state index contributed by atoms with van der Waals surface area (Å²) >= 11 is 0. The van der Waals surface area contributed by atoms with Gasteiger partial charge in [-0.25, -0.2) is 4.79 Å². The van der Waals surface area contributed by atoms with Crippen LogP contribution in [0.4, 0.5) is 0 Å². The van der Waals surface area contributed by atoms with Gasteiger partial charge in [-0.15, -0.1) is 0 Å². The van der Waals surface area contributed by atoms with E-state index in [9.17, 15) is 14.4 Å². The van der Waals surface area contributed by atoms with Crippen LogP contribution < -0.4 is 11.5 Å². The van der Waals surface area contributed by atoms with Gasteiger partial charge in [0.2, 0.25) is 5.91 Å². The lowest BCUT2D eigenvalue weighted by molar-refractivity contribution is -0.146. The number of benzene rings is 1. The minimum atomic E-state index is -1.38. The van der Waals surface area contributed by atoms with Gasteiger partial charge in [-0.05, 0) is 24.1 Å². The van der Waals surface area contributed by atoms with Crippen molar-refractivity contribution in [3.63, 3.8) is 0 Å². The first-order valence-electron chi connectivity index (χ1n) is 6.59. The molecule has 0 aliphatic rings. The van der Waals surface area contributed by atoms with Crippen LogP contribution >= 0.6 is 0 Å². The van der Waals surface area contributed by atoms with Crippen molar-refractivity contribution in [3.05, 3.63) is 29.8 Å². The highest BCUT2D eigenvalue weighted by atomic mass is 16.4. The first-order chi connectivity index (χ1) is 10.6. The Morgan fingerprint density at radius 2 is 1.57 bits per heavy atom. The van der Waals surface area contributed by atoms with Gasteiger partial charge in [0, 0.05) is 12.8 Å². The van der Waals surface area contributed by atoms with Crippen LogP contribution in [0.15, 0.2) is 24.3 Å². The van der Waals surface area contributed by atoms with Crippen LogP contribution in [0.2, 0.25) is 0 Å². The number of nitrogens with two attached hydrogens (primary N) is 2. The average molecular weight is 328 g/mol. The van der Waals surface area contributed by atoms with E-state index in [2.05, 4.69) is 0 Å². The number of carbonyl (C=O) groups is 3. The van der Waals surface area contributed by atoms with E-state index in [-0.39, 0.29) is 25.0 Å². The zero-order chi connectivity index (χ0) is 18.0. The van der Waals surface area contributed by atoms with Gasteiger partial charge in [-0.1, -0.05) is 12.1 Å². The smallest absolute Gasteiger partial charge is 0.332 e. The van der Waals surface area contributed by atoms with Crippen molar-refractivity contribution < 1.29 is 34.8 Å². The first-order valence-corrected chi connectivity index (χ1v) is 6.59. The quantitative estimate of drug-likeness (QED) is 0.369. The lowest BCUT2D eigenvalue weighted by Gasteiger charge is -2.04. The SMILES string of the molecule is NC(=O)CCC(N)C(=O)O.O=C(O)C(O)Cc1ccc(O)cc1. The third-order valence-electron chi connectivity index (χ3n) is 2.67. The highest BCUT2D eigenvalue weighted by Gasteiger charge is 2.13. The Morgan fingerprint density at radius 1 is 1.04 bits per heavy atom. The summed E-state index contributed by atoms with van der Waals surface area (Å²) in [5.74, 6) is -2.76. The molecule has 0 spiro atoms. The van der Waals surface area contributed by atoms with E-state index in [1.165, 1.54) is 12.1 Å². The van der Waals surface area contributed by atoms with Crippen molar-refractivity contribution in [1.82, 2.24) is 0 Å². The van der Waals surface area contributed by atoms with Crippen molar-refractivity contribution >= 4 is 17.8 Å². The minimum Gasteiger partial charge on any atom is -0.508 e. The molecule has 2 atom stereocenters. The first kappa shape index (κ1) is 20.3. The summed E-state index contributed by atoms with van der Waals surface area (Å²) in [6.07, 6.45) is -1.21. The van der Waals surface area contributed by atoms with Gasteiger partial charge in [-0.2, -0.15) is 0 Å². The van der Waals surface area contributed by atoms with E-state index in [1.54, 1.807) is 12.1 Å². The molecule has 1 rings (SSSR count). The number of rotatable bonds is 7. The van der Waals surface area contributed by atoms with E-state index in [0.29, 0.717) is 5.56 Å². The predicted octanol–water partition coefficient (Wildman–Crippen LogP) is -0.956. The maximum absolute atomic E-state index is 10.3. The molecule has 0 saturated carbocycles. The molecule has 8 N–H and O–H groups in total. The fourth-order valence-corrected chi connectivity index (χ4v) is 1.36. The van der Waals surface area contributed by atoms with Crippen LogP contribution in [-0.2, 0) is 20.8 Å². The average Bonchev–Trinajstić information content (AvgIpc) is 2.47. The van der Waals surface area contributed by atoms with Crippen LogP contribution in [0.25, 0.3) is 0 Å². The molecule has 0 bridgehead atoms.